The van der Waals surface area contributed by atoms with Crippen molar-refractivity contribution < 1.29 is 0 Å². The molecule has 2 heteroatoms. The third kappa shape index (κ3) is 6.49. The lowest BCUT2D eigenvalue weighted by Gasteiger charge is -2.01. The Kier molecular flexibility index (Phi) is 13.2. The molecule has 0 amide bonds. The van der Waals surface area contributed by atoms with E-state index in [2.05, 4.69) is 23.5 Å². The van der Waals surface area contributed by atoms with Crippen molar-refractivity contribution in [3.8, 4) is 0 Å². The summed E-state index contributed by atoms with van der Waals surface area (Å²) in [5.74, 6) is 0.789. The van der Waals surface area contributed by atoms with Gasteiger partial charge in [0.25, 0.3) is 0 Å². The minimum absolute atomic E-state index is 0.789. The van der Waals surface area contributed by atoms with Crippen LogP contribution in [0.1, 0.15) is 33.3 Å². The van der Waals surface area contributed by atoms with E-state index in [9.17, 15) is 0 Å². The maximum atomic E-state index is 4.09. The first-order valence-electron chi connectivity index (χ1n) is 5.33. The van der Waals surface area contributed by atoms with Crippen LogP contribution in [0.5, 0.6) is 0 Å². The topological polar surface area (TPSA) is 24.9 Å². The van der Waals surface area contributed by atoms with Crippen LogP contribution in [0.4, 0.5) is 5.82 Å². The Bertz CT molecular complexity index is 267. The molecule has 1 rings (SSSR count). The second-order valence-corrected chi connectivity index (χ2v) is 1.99. The van der Waals surface area contributed by atoms with Gasteiger partial charge in [-0.3, -0.25) is 0 Å². The Labute approximate surface area is 93.8 Å². The predicted molar refractivity (Wildman–Crippen MR) is 70.8 cm³/mol. The van der Waals surface area contributed by atoms with Crippen LogP contribution in [0.25, 0.3) is 6.08 Å². The molecule has 0 saturated heterocycles. The van der Waals surface area contributed by atoms with E-state index in [-0.39, 0.29) is 0 Å². The molecule has 0 aliphatic rings. The average molecular weight is 206 g/mol. The van der Waals surface area contributed by atoms with Gasteiger partial charge in [-0.15, -0.1) is 0 Å². The summed E-state index contributed by atoms with van der Waals surface area (Å²) in [6.07, 6.45) is 5.06. The maximum Gasteiger partial charge on any atom is 0.137 e. The van der Waals surface area contributed by atoms with Crippen molar-refractivity contribution in [1.29, 1.82) is 0 Å². The summed E-state index contributed by atoms with van der Waals surface area (Å²) in [6, 6.07) is 3.80. The van der Waals surface area contributed by atoms with Gasteiger partial charge in [-0.25, -0.2) is 4.98 Å². The molecule has 1 aromatic rings. The number of hydrogen-bond acceptors (Lipinski definition) is 2. The van der Waals surface area contributed by atoms with Gasteiger partial charge in [0, 0.05) is 11.8 Å². The summed E-state index contributed by atoms with van der Waals surface area (Å²) < 4.78 is 0. The van der Waals surface area contributed by atoms with Crippen molar-refractivity contribution in [3.05, 3.63) is 43.3 Å². The molecule has 0 saturated carbocycles. The number of nitrogens with one attached hydrogen (secondary N) is 1. The standard InChI is InChI=1S/C9H10N2.2C2H6/c1-3-8-6-5-7-11-9(8)10-4-2;2*1-2/h3-7H,1-2H2,(H,10,11);2*1-2H3. The summed E-state index contributed by atoms with van der Waals surface area (Å²) in [6.45, 7) is 15.2. The third-order valence-corrected chi connectivity index (χ3v) is 1.30. The van der Waals surface area contributed by atoms with Gasteiger partial charge in [-0.05, 0) is 18.3 Å². The fourth-order valence-corrected chi connectivity index (χ4v) is 0.800. The van der Waals surface area contributed by atoms with E-state index in [4.69, 9.17) is 0 Å². The van der Waals surface area contributed by atoms with E-state index in [0.29, 0.717) is 0 Å². The second-order valence-electron chi connectivity index (χ2n) is 1.99. The number of aromatic nitrogens is 1. The smallest absolute Gasteiger partial charge is 0.137 e. The van der Waals surface area contributed by atoms with Crippen molar-refractivity contribution in [2.45, 2.75) is 27.7 Å². The molecule has 1 aromatic heterocycles. The molecule has 2 nitrogen and oxygen atoms in total. The molecule has 0 atom stereocenters. The highest BCUT2D eigenvalue weighted by Gasteiger charge is 1.94. The van der Waals surface area contributed by atoms with Gasteiger partial charge in [0.15, 0.2) is 0 Å². The molecule has 0 spiro atoms. The van der Waals surface area contributed by atoms with Crippen LogP contribution in [-0.2, 0) is 0 Å². The largest absolute Gasteiger partial charge is 0.347 e. The monoisotopic (exact) mass is 206 g/mol. The van der Waals surface area contributed by atoms with Crippen LogP contribution in [-0.4, -0.2) is 4.98 Å². The number of hydrogen-bond donors (Lipinski definition) is 1. The Hall–Kier alpha value is -1.57. The Morgan fingerprint density at radius 1 is 1.20 bits per heavy atom. The van der Waals surface area contributed by atoms with E-state index < -0.39 is 0 Å². The average Bonchev–Trinajstić information content (AvgIpc) is 2.35. The number of nitrogens with zero attached hydrogens (tertiary/aromatic N) is 1. The molecule has 0 aliphatic carbocycles. The Morgan fingerprint density at radius 2 is 1.80 bits per heavy atom. The first kappa shape index (κ1) is 15.9. The molecule has 1 heterocycles. The molecule has 0 radical (unpaired) electrons. The zero-order valence-corrected chi connectivity index (χ0v) is 10.2. The number of rotatable bonds is 3. The summed E-state index contributed by atoms with van der Waals surface area (Å²) in [5.41, 5.74) is 0.979. The van der Waals surface area contributed by atoms with E-state index in [1.165, 1.54) is 0 Å². The van der Waals surface area contributed by atoms with Crippen molar-refractivity contribution in [2.24, 2.45) is 0 Å². The maximum absolute atomic E-state index is 4.09. The Balaban J connectivity index is 0. The summed E-state index contributed by atoms with van der Waals surface area (Å²) in [7, 11) is 0. The lowest BCUT2D eigenvalue weighted by Crippen LogP contribution is -1.92. The molecule has 0 fully saturated rings. The number of anilines is 1. The minimum atomic E-state index is 0.789. The minimum Gasteiger partial charge on any atom is -0.347 e. The molecule has 1 N–H and O–H groups in total. The van der Waals surface area contributed by atoms with Crippen molar-refractivity contribution in [1.82, 2.24) is 4.98 Å². The van der Waals surface area contributed by atoms with Crippen LogP contribution in [0.2, 0.25) is 0 Å². The quantitative estimate of drug-likeness (QED) is 0.796. The summed E-state index contributed by atoms with van der Waals surface area (Å²) in [5, 5.41) is 2.91. The van der Waals surface area contributed by atoms with Crippen LogP contribution >= 0.6 is 0 Å². The van der Waals surface area contributed by atoms with Crippen LogP contribution in [0.3, 0.4) is 0 Å². The van der Waals surface area contributed by atoms with Crippen LogP contribution in [0, 0.1) is 0 Å². The second kappa shape index (κ2) is 12.4. The highest BCUT2D eigenvalue weighted by molar-refractivity contribution is 5.62. The molecule has 0 bridgehead atoms. The summed E-state index contributed by atoms with van der Waals surface area (Å²) >= 11 is 0. The molecule has 0 aliphatic heterocycles. The van der Waals surface area contributed by atoms with Gasteiger partial charge < -0.3 is 5.32 Å². The van der Waals surface area contributed by atoms with Crippen molar-refractivity contribution in [3.63, 3.8) is 0 Å². The van der Waals surface area contributed by atoms with Gasteiger partial charge in [-0.2, -0.15) is 0 Å². The highest BCUT2D eigenvalue weighted by atomic mass is 15.0. The number of pyridine rings is 1. The zero-order valence-electron chi connectivity index (χ0n) is 10.2. The van der Waals surface area contributed by atoms with Crippen LogP contribution in [0.15, 0.2) is 37.7 Å². The third-order valence-electron chi connectivity index (χ3n) is 1.30. The fraction of sp³-hybridized carbons (Fsp3) is 0.308. The van der Waals surface area contributed by atoms with Gasteiger partial charge in [-0.1, -0.05) is 46.9 Å². The normalized spacial score (nSPS) is 7.20. The SMILES string of the molecule is C=CNc1ncccc1C=C.CC.CC. The van der Waals surface area contributed by atoms with Gasteiger partial charge in [0.05, 0.1) is 0 Å². The van der Waals surface area contributed by atoms with Gasteiger partial charge in [0.2, 0.25) is 0 Å². The summed E-state index contributed by atoms with van der Waals surface area (Å²) in [4.78, 5) is 4.09. The first-order valence-corrected chi connectivity index (χ1v) is 5.33. The zero-order chi connectivity index (χ0) is 12.1. The van der Waals surface area contributed by atoms with Gasteiger partial charge >= 0.3 is 0 Å². The molecular formula is C13H22N2. The lowest BCUT2D eigenvalue weighted by atomic mass is 10.2. The molecule has 0 aromatic carbocycles. The van der Waals surface area contributed by atoms with Gasteiger partial charge in [0.1, 0.15) is 5.82 Å². The first-order chi connectivity index (χ1) is 7.38. The molecular weight excluding hydrogens is 184 g/mol. The Morgan fingerprint density at radius 3 is 2.27 bits per heavy atom. The highest BCUT2D eigenvalue weighted by Crippen LogP contribution is 2.11. The molecule has 84 valence electrons. The lowest BCUT2D eigenvalue weighted by molar-refractivity contribution is 1.30. The van der Waals surface area contributed by atoms with Crippen molar-refractivity contribution in [2.75, 3.05) is 5.32 Å². The van der Waals surface area contributed by atoms with E-state index in [0.717, 1.165) is 11.4 Å². The van der Waals surface area contributed by atoms with E-state index >= 15 is 0 Å². The molecule has 15 heavy (non-hydrogen) atoms. The van der Waals surface area contributed by atoms with Crippen molar-refractivity contribution >= 4 is 11.9 Å². The predicted octanol–water partition coefficient (Wildman–Crippen LogP) is 4.33. The molecule has 0 unspecified atom stereocenters. The van der Waals surface area contributed by atoms with Crippen LogP contribution < -0.4 is 5.32 Å². The van der Waals surface area contributed by atoms with E-state index in [1.807, 2.05) is 39.8 Å². The fourth-order valence-electron chi connectivity index (χ4n) is 0.800. The van der Waals surface area contributed by atoms with E-state index in [1.54, 1.807) is 18.5 Å².